The fourth-order valence-corrected chi connectivity index (χ4v) is 3.95. The maximum absolute atomic E-state index is 11.4. The minimum atomic E-state index is -3.39. The zero-order valence-electron chi connectivity index (χ0n) is 15.7. The molecule has 3 aromatic rings. The molecule has 0 aliphatic heterocycles. The molecule has 3 rings (SSSR count). The Bertz CT molecular complexity index is 1020. The summed E-state index contributed by atoms with van der Waals surface area (Å²) in [6.45, 7) is 3.53. The zero-order chi connectivity index (χ0) is 20.0. The molecule has 0 bridgehead atoms. The van der Waals surface area contributed by atoms with Gasteiger partial charge in [-0.15, -0.1) is 10.2 Å². The van der Waals surface area contributed by atoms with Crippen LogP contribution in [0.15, 0.2) is 53.8 Å². The van der Waals surface area contributed by atoms with Crippen molar-refractivity contribution in [2.45, 2.75) is 18.6 Å². The second kappa shape index (κ2) is 9.07. The second-order valence-electron chi connectivity index (χ2n) is 6.00. The Morgan fingerprint density at radius 2 is 1.93 bits per heavy atom. The van der Waals surface area contributed by atoms with Crippen molar-refractivity contribution < 1.29 is 8.42 Å². The molecule has 0 atom stereocenters. The normalized spacial score (nSPS) is 11.4. The number of benzene rings is 1. The average molecular weight is 419 g/mol. The third-order valence-corrected chi connectivity index (χ3v) is 5.33. The highest BCUT2D eigenvalue weighted by Crippen LogP contribution is 2.25. The molecule has 1 aromatic carbocycles. The Morgan fingerprint density at radius 1 is 1.14 bits per heavy atom. The van der Waals surface area contributed by atoms with Crippen molar-refractivity contribution in [3.05, 3.63) is 48.7 Å². The van der Waals surface area contributed by atoms with Gasteiger partial charge in [-0.2, -0.15) is 0 Å². The number of hydrogen-bond donors (Lipinski definition) is 2. The first-order valence-electron chi connectivity index (χ1n) is 8.75. The standard InChI is InChI=1S/C18H22N6O2S2/c1-3-24-17(14-9-10-20-16(13-14)23-28(2,25)26)21-22-18(24)27-12-11-19-15-7-5-4-6-8-15/h4-10,13,19H,3,11-12H2,1-2H3,(H,20,23). The quantitative estimate of drug-likeness (QED) is 0.407. The number of para-hydroxylation sites is 1. The maximum Gasteiger partial charge on any atom is 0.230 e. The molecule has 0 aliphatic rings. The molecule has 0 saturated heterocycles. The molecule has 2 aromatic heterocycles. The number of pyridine rings is 1. The van der Waals surface area contributed by atoms with Gasteiger partial charge < -0.3 is 9.88 Å². The van der Waals surface area contributed by atoms with E-state index in [9.17, 15) is 8.42 Å². The first-order valence-corrected chi connectivity index (χ1v) is 11.6. The number of rotatable bonds is 9. The van der Waals surface area contributed by atoms with E-state index >= 15 is 0 Å². The van der Waals surface area contributed by atoms with Gasteiger partial charge in [0.2, 0.25) is 10.0 Å². The van der Waals surface area contributed by atoms with Gasteiger partial charge >= 0.3 is 0 Å². The smallest absolute Gasteiger partial charge is 0.230 e. The fourth-order valence-electron chi connectivity index (χ4n) is 2.60. The number of aromatic nitrogens is 4. The summed E-state index contributed by atoms with van der Waals surface area (Å²) in [5, 5.41) is 12.8. The van der Waals surface area contributed by atoms with E-state index in [1.807, 2.05) is 41.8 Å². The van der Waals surface area contributed by atoms with Crippen LogP contribution in [0.5, 0.6) is 0 Å². The molecular weight excluding hydrogens is 396 g/mol. The van der Waals surface area contributed by atoms with Crippen molar-refractivity contribution in [1.29, 1.82) is 0 Å². The Kier molecular flexibility index (Phi) is 6.53. The summed E-state index contributed by atoms with van der Waals surface area (Å²) in [7, 11) is -3.39. The van der Waals surface area contributed by atoms with Crippen molar-refractivity contribution in [2.75, 3.05) is 28.6 Å². The summed E-state index contributed by atoms with van der Waals surface area (Å²) < 4.78 is 27.3. The van der Waals surface area contributed by atoms with E-state index in [4.69, 9.17) is 0 Å². The summed E-state index contributed by atoms with van der Waals surface area (Å²) >= 11 is 1.62. The highest BCUT2D eigenvalue weighted by molar-refractivity contribution is 7.99. The van der Waals surface area contributed by atoms with Crippen LogP contribution in [0.25, 0.3) is 11.4 Å². The Labute approximate surface area is 168 Å². The van der Waals surface area contributed by atoms with Crippen LogP contribution in [0.4, 0.5) is 11.5 Å². The van der Waals surface area contributed by atoms with Gasteiger partial charge in [0, 0.05) is 36.3 Å². The molecule has 0 aliphatic carbocycles. The molecule has 10 heteroatoms. The third-order valence-electron chi connectivity index (χ3n) is 3.78. The molecule has 0 spiro atoms. The Morgan fingerprint density at radius 3 is 2.64 bits per heavy atom. The fraction of sp³-hybridized carbons (Fsp3) is 0.278. The first kappa shape index (κ1) is 20.2. The highest BCUT2D eigenvalue weighted by Gasteiger charge is 2.14. The Hall–Kier alpha value is -2.59. The van der Waals surface area contributed by atoms with E-state index in [0.717, 1.165) is 35.0 Å². The lowest BCUT2D eigenvalue weighted by Crippen LogP contribution is -2.11. The third kappa shape index (κ3) is 5.46. The van der Waals surface area contributed by atoms with Crippen LogP contribution in [0, 0.1) is 0 Å². The summed E-state index contributed by atoms with van der Waals surface area (Å²) in [6.07, 6.45) is 2.64. The predicted octanol–water partition coefficient (Wildman–Crippen LogP) is 2.94. The van der Waals surface area contributed by atoms with Crippen molar-refractivity contribution in [2.24, 2.45) is 0 Å². The number of nitrogens with one attached hydrogen (secondary N) is 2. The van der Waals surface area contributed by atoms with E-state index in [0.29, 0.717) is 12.4 Å². The second-order valence-corrected chi connectivity index (χ2v) is 8.81. The number of sulfonamides is 1. The minimum Gasteiger partial charge on any atom is -0.384 e. The van der Waals surface area contributed by atoms with Gasteiger partial charge in [0.1, 0.15) is 5.82 Å². The molecule has 0 unspecified atom stereocenters. The van der Waals surface area contributed by atoms with Crippen LogP contribution < -0.4 is 10.0 Å². The van der Waals surface area contributed by atoms with E-state index in [-0.39, 0.29) is 5.82 Å². The van der Waals surface area contributed by atoms with Crippen molar-refractivity contribution in [1.82, 2.24) is 19.7 Å². The first-order chi connectivity index (χ1) is 13.5. The van der Waals surface area contributed by atoms with Gasteiger partial charge in [-0.05, 0) is 31.2 Å². The molecule has 0 radical (unpaired) electrons. The number of anilines is 2. The molecule has 0 saturated carbocycles. The Balaban J connectivity index is 1.69. The van der Waals surface area contributed by atoms with E-state index < -0.39 is 10.0 Å². The van der Waals surface area contributed by atoms with E-state index in [1.165, 1.54) is 0 Å². The molecule has 0 amide bonds. The molecule has 28 heavy (non-hydrogen) atoms. The highest BCUT2D eigenvalue weighted by atomic mass is 32.2. The van der Waals surface area contributed by atoms with Crippen LogP contribution in [-0.4, -0.2) is 46.7 Å². The van der Waals surface area contributed by atoms with Crippen LogP contribution in [0.1, 0.15) is 6.92 Å². The van der Waals surface area contributed by atoms with Gasteiger partial charge in [-0.25, -0.2) is 13.4 Å². The van der Waals surface area contributed by atoms with E-state index in [1.54, 1.807) is 30.1 Å². The molecule has 2 N–H and O–H groups in total. The lowest BCUT2D eigenvalue weighted by Gasteiger charge is -2.09. The van der Waals surface area contributed by atoms with E-state index in [2.05, 4.69) is 25.2 Å². The largest absolute Gasteiger partial charge is 0.384 e. The van der Waals surface area contributed by atoms with Gasteiger partial charge in [0.15, 0.2) is 11.0 Å². The average Bonchev–Trinajstić information content (AvgIpc) is 3.08. The summed E-state index contributed by atoms with van der Waals surface area (Å²) in [5.74, 6) is 1.77. The lowest BCUT2D eigenvalue weighted by molar-refractivity contribution is 0.606. The SMILES string of the molecule is CCn1c(SCCNc2ccccc2)nnc1-c1ccnc(NS(C)(=O)=O)c1. The monoisotopic (exact) mass is 418 g/mol. The topological polar surface area (TPSA) is 102 Å². The van der Waals surface area contributed by atoms with Gasteiger partial charge in [-0.1, -0.05) is 30.0 Å². The number of nitrogens with zero attached hydrogens (tertiary/aromatic N) is 4. The van der Waals surface area contributed by atoms with Gasteiger partial charge in [0.25, 0.3) is 0 Å². The zero-order valence-corrected chi connectivity index (χ0v) is 17.3. The number of thioether (sulfide) groups is 1. The van der Waals surface area contributed by atoms with Crippen LogP contribution in [0.2, 0.25) is 0 Å². The summed E-state index contributed by atoms with van der Waals surface area (Å²) in [4.78, 5) is 4.04. The van der Waals surface area contributed by atoms with Crippen molar-refractivity contribution >= 4 is 33.3 Å². The molecule has 148 valence electrons. The molecule has 8 nitrogen and oxygen atoms in total. The van der Waals surface area contributed by atoms with Gasteiger partial charge in [-0.3, -0.25) is 4.72 Å². The predicted molar refractivity (Wildman–Crippen MR) is 113 cm³/mol. The molecule has 0 fully saturated rings. The minimum absolute atomic E-state index is 0.256. The summed E-state index contributed by atoms with van der Waals surface area (Å²) in [6, 6.07) is 13.5. The summed E-state index contributed by atoms with van der Waals surface area (Å²) in [5.41, 5.74) is 1.84. The lowest BCUT2D eigenvalue weighted by atomic mass is 10.2. The number of hydrogen-bond acceptors (Lipinski definition) is 7. The van der Waals surface area contributed by atoms with Crippen molar-refractivity contribution in [3.8, 4) is 11.4 Å². The van der Waals surface area contributed by atoms with Crippen LogP contribution in [0.3, 0.4) is 0 Å². The molecular formula is C18H22N6O2S2. The van der Waals surface area contributed by atoms with Crippen LogP contribution >= 0.6 is 11.8 Å². The van der Waals surface area contributed by atoms with Crippen molar-refractivity contribution in [3.63, 3.8) is 0 Å². The van der Waals surface area contributed by atoms with Crippen LogP contribution in [-0.2, 0) is 16.6 Å². The molecule has 2 heterocycles. The maximum atomic E-state index is 11.4. The van der Waals surface area contributed by atoms with Gasteiger partial charge in [0.05, 0.1) is 6.26 Å².